The van der Waals surface area contributed by atoms with E-state index in [1.165, 1.54) is 5.56 Å². The maximum absolute atomic E-state index is 5.71. The predicted molar refractivity (Wildman–Crippen MR) is 114 cm³/mol. The van der Waals surface area contributed by atoms with Gasteiger partial charge in [-0.3, -0.25) is 9.89 Å². The van der Waals surface area contributed by atoms with Crippen LogP contribution >= 0.6 is 11.3 Å². The number of ether oxygens (including phenoxy) is 2. The molecule has 2 rings (SSSR count). The molecule has 0 amide bonds. The summed E-state index contributed by atoms with van der Waals surface area (Å²) in [5.74, 6) is 0.849. The van der Waals surface area contributed by atoms with E-state index in [0.717, 1.165) is 71.2 Å². The van der Waals surface area contributed by atoms with E-state index < -0.39 is 0 Å². The summed E-state index contributed by atoms with van der Waals surface area (Å²) in [5, 5.41) is 11.3. The molecule has 1 aromatic heterocycles. The van der Waals surface area contributed by atoms with Crippen molar-refractivity contribution >= 4 is 17.3 Å². The van der Waals surface area contributed by atoms with Gasteiger partial charge in [0.05, 0.1) is 18.8 Å². The highest BCUT2D eigenvalue weighted by Crippen LogP contribution is 2.22. The quantitative estimate of drug-likeness (QED) is 0.323. The van der Waals surface area contributed by atoms with Gasteiger partial charge in [0.15, 0.2) is 5.96 Å². The molecule has 1 aliphatic rings. The molecule has 154 valence electrons. The second-order valence-corrected chi connectivity index (χ2v) is 7.52. The fraction of sp³-hybridized carbons (Fsp3) is 0.750. The molecule has 2 N–H and O–H groups in total. The fourth-order valence-corrected chi connectivity index (χ4v) is 4.08. The number of hydrogen-bond donors (Lipinski definition) is 2. The predicted octanol–water partition coefficient (Wildman–Crippen LogP) is 2.88. The number of aliphatic imine (C=N–C) groups is 1. The van der Waals surface area contributed by atoms with Crippen molar-refractivity contribution in [2.24, 2.45) is 4.99 Å². The number of guanidine groups is 1. The van der Waals surface area contributed by atoms with Crippen molar-refractivity contribution in [2.75, 3.05) is 53.0 Å². The Labute approximate surface area is 168 Å². The maximum Gasteiger partial charge on any atom is 0.191 e. The smallest absolute Gasteiger partial charge is 0.191 e. The summed E-state index contributed by atoms with van der Waals surface area (Å²) in [5.41, 5.74) is 1.37. The van der Waals surface area contributed by atoms with E-state index in [-0.39, 0.29) is 0 Å². The molecule has 1 aromatic rings. The molecule has 0 saturated carbocycles. The maximum atomic E-state index is 5.71. The van der Waals surface area contributed by atoms with Gasteiger partial charge in [-0.15, -0.1) is 0 Å². The van der Waals surface area contributed by atoms with Crippen LogP contribution in [-0.2, 0) is 9.47 Å². The zero-order chi connectivity index (χ0) is 19.3. The molecule has 1 aliphatic heterocycles. The minimum absolute atomic E-state index is 0.307. The number of nitrogens with zero attached hydrogens (tertiary/aromatic N) is 2. The second kappa shape index (κ2) is 13.1. The van der Waals surface area contributed by atoms with Crippen LogP contribution in [0.2, 0.25) is 0 Å². The van der Waals surface area contributed by atoms with Crippen molar-refractivity contribution in [3.8, 4) is 0 Å². The lowest BCUT2D eigenvalue weighted by molar-refractivity contribution is 0.0168. The number of hydrogen-bond acceptors (Lipinski definition) is 5. The van der Waals surface area contributed by atoms with Crippen molar-refractivity contribution in [3.63, 3.8) is 0 Å². The average molecular weight is 397 g/mol. The van der Waals surface area contributed by atoms with Gasteiger partial charge in [-0.05, 0) is 54.7 Å². The van der Waals surface area contributed by atoms with Gasteiger partial charge < -0.3 is 20.1 Å². The summed E-state index contributed by atoms with van der Waals surface area (Å²) in [6.45, 7) is 10.5. The van der Waals surface area contributed by atoms with Crippen LogP contribution in [0.25, 0.3) is 0 Å². The zero-order valence-corrected chi connectivity index (χ0v) is 17.9. The van der Waals surface area contributed by atoms with Crippen LogP contribution in [-0.4, -0.2) is 70.0 Å². The van der Waals surface area contributed by atoms with Crippen LogP contribution in [0.5, 0.6) is 0 Å². The lowest BCUT2D eigenvalue weighted by Gasteiger charge is -2.30. The molecule has 7 heteroatoms. The normalized spacial score (nSPS) is 18.8. The van der Waals surface area contributed by atoms with E-state index in [9.17, 15) is 0 Å². The molecular weight excluding hydrogens is 360 g/mol. The van der Waals surface area contributed by atoms with Crippen molar-refractivity contribution in [2.45, 2.75) is 45.3 Å². The molecule has 1 fully saturated rings. The lowest BCUT2D eigenvalue weighted by atomic mass is 10.1. The lowest BCUT2D eigenvalue weighted by Crippen LogP contribution is -2.43. The van der Waals surface area contributed by atoms with E-state index in [4.69, 9.17) is 9.47 Å². The molecule has 0 aliphatic carbocycles. The first-order valence-electron chi connectivity index (χ1n) is 10.2. The molecular formula is C20H36N4O2S. The van der Waals surface area contributed by atoms with Gasteiger partial charge in [-0.1, -0.05) is 13.8 Å². The molecule has 0 bridgehead atoms. The third kappa shape index (κ3) is 7.78. The highest BCUT2D eigenvalue weighted by molar-refractivity contribution is 7.07. The summed E-state index contributed by atoms with van der Waals surface area (Å²) in [6.07, 6.45) is 3.56. The van der Waals surface area contributed by atoms with Gasteiger partial charge in [0, 0.05) is 33.4 Å². The van der Waals surface area contributed by atoms with Gasteiger partial charge in [-0.2, -0.15) is 11.3 Å². The van der Waals surface area contributed by atoms with E-state index in [2.05, 4.69) is 51.2 Å². The van der Waals surface area contributed by atoms with Crippen LogP contribution in [0, 0.1) is 0 Å². The topological polar surface area (TPSA) is 58.1 Å². The Morgan fingerprint density at radius 1 is 1.41 bits per heavy atom. The summed E-state index contributed by atoms with van der Waals surface area (Å²) in [6, 6.07) is 2.58. The molecule has 0 aromatic carbocycles. The Morgan fingerprint density at radius 2 is 2.26 bits per heavy atom. The van der Waals surface area contributed by atoms with Gasteiger partial charge in [0.1, 0.15) is 0 Å². The fourth-order valence-electron chi connectivity index (χ4n) is 3.37. The SMILES string of the molecule is CCN(CC)C(CNC(=NC)NCCCOCC1CCCO1)c1ccsc1. The standard InChI is InChI=1S/C20H36N4O2S/c1-4-24(5-2)19(17-9-13-27-16-17)14-23-20(21-3)22-10-7-11-25-15-18-8-6-12-26-18/h9,13,16,18-19H,4-8,10-12,14-15H2,1-3H3,(H2,21,22,23). The second-order valence-electron chi connectivity index (χ2n) is 6.74. The van der Waals surface area contributed by atoms with E-state index in [1.54, 1.807) is 11.3 Å². The number of likely N-dealkylation sites (N-methyl/N-ethyl adjacent to an activating group) is 1. The Bertz CT molecular complexity index is 514. The molecule has 2 atom stereocenters. The largest absolute Gasteiger partial charge is 0.379 e. The Morgan fingerprint density at radius 3 is 2.89 bits per heavy atom. The number of rotatable bonds is 12. The molecule has 2 unspecified atom stereocenters. The molecule has 1 saturated heterocycles. The van der Waals surface area contributed by atoms with Crippen LogP contribution in [0.1, 0.15) is 44.7 Å². The van der Waals surface area contributed by atoms with Gasteiger partial charge in [-0.25, -0.2) is 0 Å². The minimum Gasteiger partial charge on any atom is -0.379 e. The van der Waals surface area contributed by atoms with E-state index >= 15 is 0 Å². The number of thiophene rings is 1. The first-order chi connectivity index (χ1) is 13.3. The average Bonchev–Trinajstić information content (AvgIpc) is 3.40. The number of nitrogens with one attached hydrogen (secondary N) is 2. The summed E-state index contributed by atoms with van der Waals surface area (Å²) in [7, 11) is 1.82. The third-order valence-corrected chi connectivity index (χ3v) is 5.65. The van der Waals surface area contributed by atoms with Gasteiger partial charge >= 0.3 is 0 Å². The van der Waals surface area contributed by atoms with Crippen LogP contribution in [0.15, 0.2) is 21.8 Å². The first kappa shape index (κ1) is 22.1. The van der Waals surface area contributed by atoms with Crippen LogP contribution < -0.4 is 10.6 Å². The summed E-state index contributed by atoms with van der Waals surface area (Å²) < 4.78 is 11.3. The summed E-state index contributed by atoms with van der Waals surface area (Å²) >= 11 is 1.75. The highest BCUT2D eigenvalue weighted by atomic mass is 32.1. The van der Waals surface area contributed by atoms with E-state index in [1.807, 2.05) is 7.05 Å². The zero-order valence-electron chi connectivity index (χ0n) is 17.1. The van der Waals surface area contributed by atoms with Crippen LogP contribution in [0.4, 0.5) is 0 Å². The molecule has 0 radical (unpaired) electrons. The Kier molecular flexibility index (Phi) is 10.7. The van der Waals surface area contributed by atoms with Crippen molar-refractivity contribution < 1.29 is 9.47 Å². The molecule has 6 nitrogen and oxygen atoms in total. The van der Waals surface area contributed by atoms with Crippen LogP contribution in [0.3, 0.4) is 0 Å². The Balaban J connectivity index is 1.66. The highest BCUT2D eigenvalue weighted by Gasteiger charge is 2.18. The minimum atomic E-state index is 0.307. The monoisotopic (exact) mass is 396 g/mol. The van der Waals surface area contributed by atoms with Gasteiger partial charge in [0.2, 0.25) is 0 Å². The molecule has 27 heavy (non-hydrogen) atoms. The first-order valence-corrected chi connectivity index (χ1v) is 11.1. The van der Waals surface area contributed by atoms with Gasteiger partial charge in [0.25, 0.3) is 0 Å². The summed E-state index contributed by atoms with van der Waals surface area (Å²) in [4.78, 5) is 6.82. The Hall–Kier alpha value is -1.15. The molecule has 0 spiro atoms. The third-order valence-electron chi connectivity index (χ3n) is 4.95. The van der Waals surface area contributed by atoms with Crippen molar-refractivity contribution in [1.29, 1.82) is 0 Å². The molecule has 2 heterocycles. The van der Waals surface area contributed by atoms with Crippen molar-refractivity contribution in [1.82, 2.24) is 15.5 Å². The van der Waals surface area contributed by atoms with Crippen molar-refractivity contribution in [3.05, 3.63) is 22.4 Å². The van der Waals surface area contributed by atoms with E-state index in [0.29, 0.717) is 12.1 Å².